The van der Waals surface area contributed by atoms with Crippen LogP contribution in [-0.2, 0) is 7.05 Å². The maximum atomic E-state index is 12.3. The molecule has 0 aliphatic rings. The number of pyridine rings is 2. The zero-order chi connectivity index (χ0) is 17.3. The standard InChI is InChI=1S/C17H15N3O4/c1-20-9-12(10(5-7-21)13-4-2-3-6-18-13)11-8-14(17(23)24)19-15(11)16(20)22/h2-6,8-9,19,21H,7H2,1H3,(H,23,24). The molecule has 0 unspecified atom stereocenters. The molecule has 3 aromatic rings. The van der Waals surface area contributed by atoms with Gasteiger partial charge < -0.3 is 19.8 Å². The zero-order valence-electron chi connectivity index (χ0n) is 12.9. The minimum Gasteiger partial charge on any atom is -0.477 e. The van der Waals surface area contributed by atoms with Crippen molar-refractivity contribution in [2.45, 2.75) is 0 Å². The molecule has 0 radical (unpaired) electrons. The third-order valence-electron chi connectivity index (χ3n) is 3.72. The van der Waals surface area contributed by atoms with Crippen LogP contribution in [0.2, 0.25) is 0 Å². The molecule has 0 atom stereocenters. The Morgan fingerprint density at radius 1 is 1.42 bits per heavy atom. The van der Waals surface area contributed by atoms with E-state index >= 15 is 0 Å². The normalized spacial score (nSPS) is 11.8. The highest BCUT2D eigenvalue weighted by molar-refractivity contribution is 6.00. The first-order valence-corrected chi connectivity index (χ1v) is 7.21. The lowest BCUT2D eigenvalue weighted by molar-refractivity contribution is 0.0691. The average Bonchev–Trinajstić information content (AvgIpc) is 3.03. The van der Waals surface area contributed by atoms with E-state index in [-0.39, 0.29) is 23.4 Å². The van der Waals surface area contributed by atoms with Crippen molar-refractivity contribution in [2.75, 3.05) is 6.61 Å². The fourth-order valence-electron chi connectivity index (χ4n) is 2.63. The summed E-state index contributed by atoms with van der Waals surface area (Å²) in [5, 5.41) is 19.0. The van der Waals surface area contributed by atoms with E-state index in [9.17, 15) is 19.8 Å². The van der Waals surface area contributed by atoms with Crippen LogP contribution in [0.5, 0.6) is 0 Å². The number of aliphatic hydroxyl groups excluding tert-OH is 1. The Bertz CT molecular complexity index is 1000. The second-order valence-electron chi connectivity index (χ2n) is 5.25. The van der Waals surface area contributed by atoms with Gasteiger partial charge in [0.05, 0.1) is 12.3 Å². The number of aliphatic hydroxyl groups is 1. The molecule has 7 heteroatoms. The smallest absolute Gasteiger partial charge is 0.352 e. The molecule has 24 heavy (non-hydrogen) atoms. The van der Waals surface area contributed by atoms with Crippen molar-refractivity contribution in [3.05, 3.63) is 70.0 Å². The number of nitrogens with one attached hydrogen (secondary N) is 1. The quantitative estimate of drug-likeness (QED) is 0.671. The monoisotopic (exact) mass is 325 g/mol. The van der Waals surface area contributed by atoms with E-state index in [1.165, 1.54) is 10.6 Å². The van der Waals surface area contributed by atoms with E-state index in [0.717, 1.165) is 0 Å². The third-order valence-corrected chi connectivity index (χ3v) is 3.72. The molecule has 0 aliphatic carbocycles. The molecule has 0 fully saturated rings. The Morgan fingerprint density at radius 3 is 2.83 bits per heavy atom. The Kier molecular flexibility index (Phi) is 4.01. The first-order chi connectivity index (χ1) is 11.5. The zero-order valence-corrected chi connectivity index (χ0v) is 12.9. The molecule has 3 N–H and O–H groups in total. The van der Waals surface area contributed by atoms with E-state index in [0.29, 0.717) is 22.2 Å². The van der Waals surface area contributed by atoms with Gasteiger partial charge in [0, 0.05) is 36.0 Å². The number of carbonyl (C=O) groups is 1. The Morgan fingerprint density at radius 2 is 2.21 bits per heavy atom. The Hall–Kier alpha value is -3.19. The van der Waals surface area contributed by atoms with Crippen LogP contribution in [0.15, 0.2) is 47.5 Å². The molecule has 0 spiro atoms. The molecule has 3 heterocycles. The second-order valence-corrected chi connectivity index (χ2v) is 5.25. The Labute approximate surface area is 136 Å². The summed E-state index contributed by atoms with van der Waals surface area (Å²) < 4.78 is 1.37. The summed E-state index contributed by atoms with van der Waals surface area (Å²) >= 11 is 0. The van der Waals surface area contributed by atoms with E-state index in [1.807, 2.05) is 6.07 Å². The SMILES string of the molecule is Cn1cc(C(=CCO)c2ccccn2)c2cc(C(=O)O)[nH]c2c1=O. The van der Waals surface area contributed by atoms with Crippen LogP contribution in [0.3, 0.4) is 0 Å². The number of hydrogen-bond acceptors (Lipinski definition) is 4. The summed E-state index contributed by atoms with van der Waals surface area (Å²) in [6, 6.07) is 6.79. The van der Waals surface area contributed by atoms with E-state index in [4.69, 9.17) is 0 Å². The fourth-order valence-corrected chi connectivity index (χ4v) is 2.63. The fraction of sp³-hybridized carbons (Fsp3) is 0.118. The number of hydrogen-bond donors (Lipinski definition) is 3. The van der Waals surface area contributed by atoms with Crippen LogP contribution in [0.25, 0.3) is 16.5 Å². The highest BCUT2D eigenvalue weighted by Gasteiger charge is 2.17. The van der Waals surface area contributed by atoms with Crippen LogP contribution in [0, 0.1) is 0 Å². The number of H-pyrrole nitrogens is 1. The summed E-state index contributed by atoms with van der Waals surface area (Å²) in [5.41, 5.74) is 1.65. The van der Waals surface area contributed by atoms with Crippen molar-refractivity contribution < 1.29 is 15.0 Å². The van der Waals surface area contributed by atoms with E-state index in [1.54, 1.807) is 37.7 Å². The topological polar surface area (TPSA) is 108 Å². The molecule has 0 aliphatic heterocycles. The minimum atomic E-state index is -1.15. The van der Waals surface area contributed by atoms with Gasteiger partial charge in [0.15, 0.2) is 0 Å². The van der Waals surface area contributed by atoms with Gasteiger partial charge in [0.25, 0.3) is 5.56 Å². The van der Waals surface area contributed by atoms with Gasteiger partial charge in [-0.05, 0) is 24.3 Å². The predicted molar refractivity (Wildman–Crippen MR) is 88.9 cm³/mol. The van der Waals surface area contributed by atoms with Crippen molar-refractivity contribution in [3.8, 4) is 0 Å². The number of aromatic carboxylic acids is 1. The van der Waals surface area contributed by atoms with Crippen LogP contribution in [0.4, 0.5) is 0 Å². The van der Waals surface area contributed by atoms with Crippen LogP contribution in [-0.4, -0.2) is 37.3 Å². The molecule has 3 rings (SSSR count). The molecule has 0 saturated heterocycles. The van der Waals surface area contributed by atoms with Crippen LogP contribution < -0.4 is 5.56 Å². The van der Waals surface area contributed by atoms with Crippen molar-refractivity contribution in [2.24, 2.45) is 7.05 Å². The molecular formula is C17H15N3O4. The van der Waals surface area contributed by atoms with Crippen molar-refractivity contribution in [1.29, 1.82) is 0 Å². The minimum absolute atomic E-state index is 0.0704. The van der Waals surface area contributed by atoms with Gasteiger partial charge in [0.1, 0.15) is 11.2 Å². The lowest BCUT2D eigenvalue weighted by atomic mass is 10.00. The number of nitrogens with zero attached hydrogens (tertiary/aromatic N) is 2. The van der Waals surface area contributed by atoms with E-state index in [2.05, 4.69) is 9.97 Å². The maximum absolute atomic E-state index is 12.3. The van der Waals surface area contributed by atoms with Crippen LogP contribution in [0.1, 0.15) is 21.7 Å². The van der Waals surface area contributed by atoms with Gasteiger partial charge in [-0.3, -0.25) is 9.78 Å². The summed E-state index contributed by atoms with van der Waals surface area (Å²) in [4.78, 5) is 30.5. The van der Waals surface area contributed by atoms with Gasteiger partial charge in [-0.15, -0.1) is 0 Å². The number of carboxylic acids is 1. The average molecular weight is 325 g/mol. The van der Waals surface area contributed by atoms with Gasteiger partial charge in [-0.25, -0.2) is 4.79 Å². The molecule has 122 valence electrons. The lowest BCUT2D eigenvalue weighted by Gasteiger charge is -2.10. The van der Waals surface area contributed by atoms with Gasteiger partial charge in [-0.2, -0.15) is 0 Å². The summed E-state index contributed by atoms with van der Waals surface area (Å²) in [6.07, 6.45) is 4.81. The Balaban J connectivity index is 2.35. The van der Waals surface area contributed by atoms with E-state index < -0.39 is 5.97 Å². The number of carboxylic acid groups (broad SMARTS) is 1. The van der Waals surface area contributed by atoms with Crippen molar-refractivity contribution in [1.82, 2.24) is 14.5 Å². The number of rotatable bonds is 4. The maximum Gasteiger partial charge on any atom is 0.352 e. The predicted octanol–water partition coefficient (Wildman–Crippen LogP) is 1.38. The van der Waals surface area contributed by atoms with Crippen LogP contribution >= 0.6 is 0 Å². The first kappa shape index (κ1) is 15.7. The van der Waals surface area contributed by atoms with Gasteiger partial charge >= 0.3 is 5.97 Å². The van der Waals surface area contributed by atoms with Crippen molar-refractivity contribution in [3.63, 3.8) is 0 Å². The highest BCUT2D eigenvalue weighted by atomic mass is 16.4. The first-order valence-electron chi connectivity index (χ1n) is 7.21. The number of aryl methyl sites for hydroxylation is 1. The van der Waals surface area contributed by atoms with Gasteiger partial charge in [0.2, 0.25) is 0 Å². The largest absolute Gasteiger partial charge is 0.477 e. The number of fused-ring (bicyclic) bond motifs is 1. The number of aromatic nitrogens is 3. The molecule has 0 bridgehead atoms. The highest BCUT2D eigenvalue weighted by Crippen LogP contribution is 2.28. The molecule has 0 amide bonds. The van der Waals surface area contributed by atoms with Gasteiger partial charge in [-0.1, -0.05) is 6.07 Å². The molecule has 0 saturated carbocycles. The summed E-state index contributed by atoms with van der Waals surface area (Å²) in [7, 11) is 1.58. The lowest BCUT2D eigenvalue weighted by Crippen LogP contribution is -2.17. The third kappa shape index (κ3) is 2.61. The summed E-state index contributed by atoms with van der Waals surface area (Å²) in [6.45, 7) is -0.216. The molecule has 0 aromatic carbocycles. The second kappa shape index (κ2) is 6.13. The molecule has 3 aromatic heterocycles. The number of aromatic amines is 1. The summed E-state index contributed by atoms with van der Waals surface area (Å²) in [5.74, 6) is -1.15. The molecular weight excluding hydrogens is 310 g/mol. The van der Waals surface area contributed by atoms with Crippen molar-refractivity contribution >= 4 is 22.4 Å². The molecule has 7 nitrogen and oxygen atoms in total.